The summed E-state index contributed by atoms with van der Waals surface area (Å²) in [4.78, 5) is 50.8. The summed E-state index contributed by atoms with van der Waals surface area (Å²) in [6.45, 7) is 10.4. The zero-order valence-corrected chi connectivity index (χ0v) is 20.8. The molecule has 0 radical (unpaired) electrons. The van der Waals surface area contributed by atoms with Gasteiger partial charge in [0.15, 0.2) is 0 Å². The molecule has 4 unspecified atom stereocenters. The molecule has 0 aromatic carbocycles. The lowest BCUT2D eigenvalue weighted by Gasteiger charge is -2.42. The molecule has 0 spiro atoms. The van der Waals surface area contributed by atoms with E-state index in [1.165, 1.54) is 28.4 Å². The van der Waals surface area contributed by atoms with Crippen LogP contribution >= 0.6 is 0 Å². The van der Waals surface area contributed by atoms with Crippen molar-refractivity contribution in [3.05, 3.63) is 0 Å². The molecule has 0 aliphatic carbocycles. The molecular weight excluding hydrogens is 404 g/mol. The monoisotopic (exact) mass is 444 g/mol. The molecule has 0 amide bonds. The van der Waals surface area contributed by atoms with Gasteiger partial charge < -0.3 is 18.9 Å². The van der Waals surface area contributed by atoms with Gasteiger partial charge in [-0.1, -0.05) is 13.8 Å². The Bertz CT molecular complexity index is 618. The van der Waals surface area contributed by atoms with Crippen LogP contribution < -0.4 is 0 Å². The SMILES string of the molecule is CCC(C)(CC(C)(CC(C)(CC(C)(CC)C(=O)OC)C(=O)OC)C(=O)OC)C(=O)OC. The zero-order valence-electron chi connectivity index (χ0n) is 20.8. The number of hydrogen-bond donors (Lipinski definition) is 0. The molecule has 8 heteroatoms. The Morgan fingerprint density at radius 2 is 0.677 bits per heavy atom. The molecule has 0 saturated carbocycles. The van der Waals surface area contributed by atoms with E-state index >= 15 is 0 Å². The third kappa shape index (κ3) is 6.43. The molecule has 0 saturated heterocycles. The Morgan fingerprint density at radius 3 is 0.871 bits per heavy atom. The Labute approximate surface area is 186 Å². The minimum Gasteiger partial charge on any atom is -0.469 e. The van der Waals surface area contributed by atoms with Crippen molar-refractivity contribution < 1.29 is 38.1 Å². The Balaban J connectivity index is 6.45. The van der Waals surface area contributed by atoms with Crippen LogP contribution in [-0.2, 0) is 38.1 Å². The number of methoxy groups -OCH3 is 4. The lowest BCUT2D eigenvalue weighted by molar-refractivity contribution is -0.169. The van der Waals surface area contributed by atoms with Crippen molar-refractivity contribution in [2.24, 2.45) is 21.7 Å². The molecule has 4 atom stereocenters. The first-order chi connectivity index (χ1) is 14.2. The highest BCUT2D eigenvalue weighted by Crippen LogP contribution is 2.50. The number of carbonyl (C=O) groups excluding carboxylic acids is 4. The molecule has 0 aromatic rings. The highest BCUT2D eigenvalue weighted by atomic mass is 16.5. The van der Waals surface area contributed by atoms with Crippen molar-refractivity contribution in [2.75, 3.05) is 28.4 Å². The van der Waals surface area contributed by atoms with Gasteiger partial charge in [-0.3, -0.25) is 19.2 Å². The second kappa shape index (κ2) is 11.0. The van der Waals surface area contributed by atoms with E-state index in [-0.39, 0.29) is 19.3 Å². The largest absolute Gasteiger partial charge is 0.469 e. The molecule has 0 heterocycles. The van der Waals surface area contributed by atoms with Gasteiger partial charge in [0.25, 0.3) is 0 Å². The maximum atomic E-state index is 12.9. The molecule has 8 nitrogen and oxygen atoms in total. The molecule has 0 fully saturated rings. The topological polar surface area (TPSA) is 105 Å². The van der Waals surface area contributed by atoms with E-state index < -0.39 is 45.5 Å². The Hall–Kier alpha value is -2.12. The van der Waals surface area contributed by atoms with E-state index in [2.05, 4.69) is 0 Å². The second-order valence-corrected chi connectivity index (χ2v) is 9.45. The van der Waals surface area contributed by atoms with Crippen molar-refractivity contribution in [3.63, 3.8) is 0 Å². The summed E-state index contributed by atoms with van der Waals surface area (Å²) < 4.78 is 20.1. The quantitative estimate of drug-likeness (QED) is 0.331. The Kier molecular flexibility index (Phi) is 10.2. The summed E-state index contributed by atoms with van der Waals surface area (Å²) in [5.41, 5.74) is -4.38. The van der Waals surface area contributed by atoms with Crippen LogP contribution in [0.3, 0.4) is 0 Å². The summed E-state index contributed by atoms with van der Waals surface area (Å²) >= 11 is 0. The van der Waals surface area contributed by atoms with E-state index in [0.29, 0.717) is 12.8 Å². The number of carbonyl (C=O) groups is 4. The molecule has 0 bridgehead atoms. The van der Waals surface area contributed by atoms with E-state index in [9.17, 15) is 19.2 Å². The normalized spacial score (nSPS) is 18.9. The second-order valence-electron chi connectivity index (χ2n) is 9.45. The predicted octanol–water partition coefficient (Wildman–Crippen LogP) is 3.69. The third-order valence-electron chi connectivity index (χ3n) is 6.61. The van der Waals surface area contributed by atoms with Gasteiger partial charge in [-0.25, -0.2) is 0 Å². The summed E-state index contributed by atoms with van der Waals surface area (Å²) in [5.74, 6) is -2.00. The highest BCUT2D eigenvalue weighted by Gasteiger charge is 2.53. The number of hydrogen-bond acceptors (Lipinski definition) is 8. The molecule has 180 valence electrons. The molecule has 0 rings (SSSR count). The van der Waals surface area contributed by atoms with Crippen molar-refractivity contribution in [1.82, 2.24) is 0 Å². The van der Waals surface area contributed by atoms with Gasteiger partial charge in [-0.2, -0.15) is 0 Å². The van der Waals surface area contributed by atoms with Crippen LogP contribution in [0.1, 0.15) is 73.6 Å². The molecule has 31 heavy (non-hydrogen) atoms. The van der Waals surface area contributed by atoms with Crippen LogP contribution in [-0.4, -0.2) is 52.3 Å². The summed E-state index contributed by atoms with van der Waals surface area (Å²) in [6.07, 6.45) is 1.07. The maximum Gasteiger partial charge on any atom is 0.311 e. The van der Waals surface area contributed by atoms with Gasteiger partial charge in [0.05, 0.1) is 50.1 Å². The fourth-order valence-electron chi connectivity index (χ4n) is 4.67. The molecular formula is C23H40O8. The van der Waals surface area contributed by atoms with Gasteiger partial charge in [0.2, 0.25) is 0 Å². The fourth-order valence-corrected chi connectivity index (χ4v) is 4.67. The van der Waals surface area contributed by atoms with Gasteiger partial charge in [-0.05, 0) is 59.8 Å². The third-order valence-corrected chi connectivity index (χ3v) is 6.61. The lowest BCUT2D eigenvalue weighted by Crippen LogP contribution is -2.47. The summed E-state index contributed by atoms with van der Waals surface area (Å²) in [6, 6.07) is 0. The molecule has 0 aliphatic rings. The lowest BCUT2D eigenvalue weighted by atomic mass is 9.61. The van der Waals surface area contributed by atoms with E-state index in [0.717, 1.165) is 0 Å². The standard InChI is InChI=1S/C23H40O8/c1-11-20(3,16(24)28-7)13-22(5,18(26)30-9)15-23(6,19(27)31-10)14-21(4,12-2)17(25)29-8/h11-15H2,1-10H3. The van der Waals surface area contributed by atoms with Gasteiger partial charge >= 0.3 is 23.9 Å². The van der Waals surface area contributed by atoms with Crippen LogP contribution in [0.2, 0.25) is 0 Å². The number of ether oxygens (including phenoxy) is 4. The van der Waals surface area contributed by atoms with Crippen molar-refractivity contribution >= 4 is 23.9 Å². The first-order valence-corrected chi connectivity index (χ1v) is 10.5. The van der Waals surface area contributed by atoms with Crippen LogP contribution in [0.15, 0.2) is 0 Å². The van der Waals surface area contributed by atoms with Gasteiger partial charge in [0.1, 0.15) is 0 Å². The number of esters is 4. The van der Waals surface area contributed by atoms with Crippen molar-refractivity contribution in [1.29, 1.82) is 0 Å². The van der Waals surface area contributed by atoms with E-state index in [1.54, 1.807) is 27.7 Å². The molecule has 0 N–H and O–H groups in total. The van der Waals surface area contributed by atoms with E-state index in [4.69, 9.17) is 18.9 Å². The summed E-state index contributed by atoms with van der Waals surface area (Å²) in [7, 11) is 5.13. The zero-order chi connectivity index (χ0) is 24.7. The maximum absolute atomic E-state index is 12.9. The minimum absolute atomic E-state index is 0.0124. The predicted molar refractivity (Wildman–Crippen MR) is 115 cm³/mol. The van der Waals surface area contributed by atoms with E-state index in [1.807, 2.05) is 13.8 Å². The Morgan fingerprint density at radius 1 is 0.484 bits per heavy atom. The first kappa shape index (κ1) is 28.9. The van der Waals surface area contributed by atoms with Crippen molar-refractivity contribution in [2.45, 2.75) is 73.6 Å². The van der Waals surface area contributed by atoms with Crippen LogP contribution in [0, 0.1) is 21.7 Å². The fraction of sp³-hybridized carbons (Fsp3) is 0.826. The summed E-state index contributed by atoms with van der Waals surface area (Å²) in [5, 5.41) is 0. The van der Waals surface area contributed by atoms with Crippen molar-refractivity contribution in [3.8, 4) is 0 Å². The molecule has 0 aliphatic heterocycles. The highest BCUT2D eigenvalue weighted by molar-refractivity contribution is 5.84. The minimum atomic E-state index is -1.22. The first-order valence-electron chi connectivity index (χ1n) is 10.5. The van der Waals surface area contributed by atoms with Crippen LogP contribution in [0.4, 0.5) is 0 Å². The van der Waals surface area contributed by atoms with Crippen LogP contribution in [0.25, 0.3) is 0 Å². The van der Waals surface area contributed by atoms with Gasteiger partial charge in [0, 0.05) is 0 Å². The van der Waals surface area contributed by atoms with Gasteiger partial charge in [-0.15, -0.1) is 0 Å². The average Bonchev–Trinajstić information content (AvgIpc) is 2.75. The smallest absolute Gasteiger partial charge is 0.311 e. The van der Waals surface area contributed by atoms with Crippen LogP contribution in [0.5, 0.6) is 0 Å². The molecule has 0 aromatic heterocycles. The number of rotatable bonds is 12. The average molecular weight is 445 g/mol.